The lowest BCUT2D eigenvalue weighted by molar-refractivity contribution is 0.181. The topological polar surface area (TPSA) is 53.5 Å². The summed E-state index contributed by atoms with van der Waals surface area (Å²) in [6.45, 7) is 2.76. The lowest BCUT2D eigenvalue weighted by atomic mass is 10.3. The second-order valence-electron chi connectivity index (χ2n) is 6.21. The number of hydrogen-bond acceptors (Lipinski definition) is 5. The summed E-state index contributed by atoms with van der Waals surface area (Å²) in [4.78, 5) is 6.85. The van der Waals surface area contributed by atoms with E-state index in [-0.39, 0.29) is 4.90 Å². The van der Waals surface area contributed by atoms with E-state index >= 15 is 0 Å². The van der Waals surface area contributed by atoms with Crippen LogP contribution < -0.4 is 0 Å². The molecule has 0 radical (unpaired) electrons. The van der Waals surface area contributed by atoms with Gasteiger partial charge in [-0.15, -0.1) is 11.3 Å². The Kier molecular flexibility index (Phi) is 4.74. The molecule has 1 fully saturated rings. The number of piperazine rings is 1. The summed E-state index contributed by atoms with van der Waals surface area (Å²) >= 11 is 1.67. The highest BCUT2D eigenvalue weighted by atomic mass is 32.2. The van der Waals surface area contributed by atoms with Crippen LogP contribution in [0.3, 0.4) is 0 Å². The molecular weight excluding hydrogens is 373 g/mol. The molecule has 0 unspecified atom stereocenters. The Morgan fingerprint density at radius 3 is 2.54 bits per heavy atom. The van der Waals surface area contributed by atoms with Crippen LogP contribution >= 0.6 is 11.3 Å². The van der Waals surface area contributed by atoms with E-state index in [0.29, 0.717) is 32.7 Å². The molecule has 4 rings (SSSR count). The first-order valence-electron chi connectivity index (χ1n) is 8.35. The fraction of sp³-hybridized carbons (Fsp3) is 0.278. The molecule has 26 heavy (non-hydrogen) atoms. The third kappa shape index (κ3) is 3.50. The summed E-state index contributed by atoms with van der Waals surface area (Å²) < 4.78 is 41.3. The zero-order valence-corrected chi connectivity index (χ0v) is 15.6. The molecule has 1 aliphatic heterocycles. The van der Waals surface area contributed by atoms with E-state index in [9.17, 15) is 12.8 Å². The van der Waals surface area contributed by atoms with Crippen LogP contribution in [0.2, 0.25) is 0 Å². The van der Waals surface area contributed by atoms with Crippen molar-refractivity contribution in [2.75, 3.05) is 26.2 Å². The van der Waals surface area contributed by atoms with E-state index in [1.165, 1.54) is 22.5 Å². The Morgan fingerprint density at radius 1 is 1.04 bits per heavy atom. The Bertz CT molecular complexity index is 995. The molecule has 1 aromatic heterocycles. The van der Waals surface area contributed by atoms with Crippen molar-refractivity contribution >= 4 is 31.6 Å². The number of aromatic nitrogens is 1. The van der Waals surface area contributed by atoms with Gasteiger partial charge >= 0.3 is 0 Å². The van der Waals surface area contributed by atoms with Crippen molar-refractivity contribution < 1.29 is 12.8 Å². The van der Waals surface area contributed by atoms with Gasteiger partial charge in [-0.25, -0.2) is 17.8 Å². The molecule has 1 aliphatic rings. The molecule has 0 bridgehead atoms. The SMILES string of the molecule is O=S(=O)(c1cccc(F)c1)N1CCN(Cc2nc3ccccc3s2)CC1. The number of fused-ring (bicyclic) bond motifs is 1. The van der Waals surface area contributed by atoms with Gasteiger partial charge in [0.15, 0.2) is 0 Å². The van der Waals surface area contributed by atoms with Crippen molar-refractivity contribution in [2.45, 2.75) is 11.4 Å². The van der Waals surface area contributed by atoms with E-state index in [0.717, 1.165) is 21.3 Å². The minimum Gasteiger partial charge on any atom is -0.294 e. The zero-order chi connectivity index (χ0) is 18.1. The molecule has 1 saturated heterocycles. The van der Waals surface area contributed by atoms with Gasteiger partial charge in [0.2, 0.25) is 10.0 Å². The molecule has 8 heteroatoms. The van der Waals surface area contributed by atoms with Gasteiger partial charge < -0.3 is 0 Å². The smallest absolute Gasteiger partial charge is 0.243 e. The average molecular weight is 391 g/mol. The van der Waals surface area contributed by atoms with Gasteiger partial charge in [0.05, 0.1) is 21.7 Å². The summed E-state index contributed by atoms with van der Waals surface area (Å²) in [5, 5.41) is 1.03. The summed E-state index contributed by atoms with van der Waals surface area (Å²) in [5.41, 5.74) is 1.000. The summed E-state index contributed by atoms with van der Waals surface area (Å²) in [6, 6.07) is 13.2. The van der Waals surface area contributed by atoms with Gasteiger partial charge in [0.25, 0.3) is 0 Å². The average Bonchev–Trinajstić information content (AvgIpc) is 3.04. The minimum absolute atomic E-state index is 0.0112. The van der Waals surface area contributed by atoms with Crippen LogP contribution in [0.15, 0.2) is 53.4 Å². The highest BCUT2D eigenvalue weighted by Gasteiger charge is 2.29. The van der Waals surface area contributed by atoms with Crippen LogP contribution in [0.1, 0.15) is 5.01 Å². The van der Waals surface area contributed by atoms with E-state index in [2.05, 4.69) is 16.0 Å². The molecule has 0 amide bonds. The van der Waals surface area contributed by atoms with E-state index < -0.39 is 15.8 Å². The predicted molar refractivity (Wildman–Crippen MR) is 100 cm³/mol. The number of nitrogens with zero attached hydrogens (tertiary/aromatic N) is 3. The fourth-order valence-electron chi connectivity index (χ4n) is 3.08. The van der Waals surface area contributed by atoms with E-state index in [4.69, 9.17) is 0 Å². The van der Waals surface area contributed by atoms with Crippen LogP contribution in [0.4, 0.5) is 4.39 Å². The molecule has 5 nitrogen and oxygen atoms in total. The van der Waals surface area contributed by atoms with Crippen LogP contribution in [0.25, 0.3) is 10.2 Å². The van der Waals surface area contributed by atoms with Crippen molar-refractivity contribution in [1.82, 2.24) is 14.2 Å². The lowest BCUT2D eigenvalue weighted by Gasteiger charge is -2.33. The normalized spacial score (nSPS) is 17.0. The molecule has 0 aliphatic carbocycles. The molecule has 0 atom stereocenters. The number of rotatable bonds is 4. The van der Waals surface area contributed by atoms with Crippen LogP contribution in [-0.2, 0) is 16.6 Å². The van der Waals surface area contributed by atoms with Gasteiger partial charge in [0.1, 0.15) is 10.8 Å². The van der Waals surface area contributed by atoms with Crippen molar-refractivity contribution in [3.05, 3.63) is 59.4 Å². The Balaban J connectivity index is 1.42. The maximum Gasteiger partial charge on any atom is 0.243 e. The number of benzene rings is 2. The predicted octanol–water partition coefficient (Wildman–Crippen LogP) is 2.94. The maximum atomic E-state index is 13.4. The second kappa shape index (κ2) is 7.03. The number of thiazole rings is 1. The molecule has 3 aromatic rings. The van der Waals surface area contributed by atoms with Gasteiger partial charge in [-0.1, -0.05) is 18.2 Å². The number of sulfonamides is 1. The van der Waals surface area contributed by atoms with Crippen molar-refractivity contribution in [2.24, 2.45) is 0 Å². The molecule has 0 N–H and O–H groups in total. The lowest BCUT2D eigenvalue weighted by Crippen LogP contribution is -2.48. The number of halogens is 1. The number of hydrogen-bond donors (Lipinski definition) is 0. The quantitative estimate of drug-likeness (QED) is 0.686. The summed E-state index contributed by atoms with van der Waals surface area (Å²) in [7, 11) is -3.65. The highest BCUT2D eigenvalue weighted by Crippen LogP contribution is 2.24. The van der Waals surface area contributed by atoms with Gasteiger partial charge in [-0.3, -0.25) is 4.90 Å². The Labute approximate surface area is 155 Å². The molecule has 2 heterocycles. The first-order valence-corrected chi connectivity index (χ1v) is 10.6. The fourth-order valence-corrected chi connectivity index (χ4v) is 5.55. The third-order valence-corrected chi connectivity index (χ3v) is 7.38. The van der Waals surface area contributed by atoms with Crippen molar-refractivity contribution in [3.8, 4) is 0 Å². The van der Waals surface area contributed by atoms with E-state index in [1.807, 2.05) is 18.2 Å². The molecular formula is C18H18FN3O2S2. The number of para-hydroxylation sites is 1. The summed E-state index contributed by atoms with van der Waals surface area (Å²) in [5.74, 6) is -0.541. The molecule has 136 valence electrons. The van der Waals surface area contributed by atoms with Gasteiger partial charge in [-0.2, -0.15) is 4.31 Å². The zero-order valence-electron chi connectivity index (χ0n) is 14.0. The first kappa shape index (κ1) is 17.5. The minimum atomic E-state index is -3.65. The highest BCUT2D eigenvalue weighted by molar-refractivity contribution is 7.89. The maximum absolute atomic E-state index is 13.4. The van der Waals surface area contributed by atoms with Crippen LogP contribution in [0.5, 0.6) is 0 Å². The molecule has 0 saturated carbocycles. The van der Waals surface area contributed by atoms with Crippen molar-refractivity contribution in [1.29, 1.82) is 0 Å². The molecule has 0 spiro atoms. The van der Waals surface area contributed by atoms with E-state index in [1.54, 1.807) is 11.3 Å². The Morgan fingerprint density at radius 2 is 1.81 bits per heavy atom. The van der Waals surface area contributed by atoms with Crippen LogP contribution in [0, 0.1) is 5.82 Å². The van der Waals surface area contributed by atoms with Crippen LogP contribution in [-0.4, -0.2) is 48.8 Å². The third-order valence-electron chi connectivity index (χ3n) is 4.46. The largest absolute Gasteiger partial charge is 0.294 e. The molecule has 2 aromatic carbocycles. The second-order valence-corrected chi connectivity index (χ2v) is 9.27. The standard InChI is InChI=1S/C18H18FN3O2S2/c19-14-4-3-5-15(12-14)26(23,24)22-10-8-21(9-11-22)13-18-20-16-6-1-2-7-17(16)25-18/h1-7,12H,8-11,13H2. The summed E-state index contributed by atoms with van der Waals surface area (Å²) in [6.07, 6.45) is 0. The van der Waals surface area contributed by atoms with Gasteiger partial charge in [-0.05, 0) is 30.3 Å². The first-order chi connectivity index (χ1) is 12.5. The van der Waals surface area contributed by atoms with Crippen molar-refractivity contribution in [3.63, 3.8) is 0 Å². The monoisotopic (exact) mass is 391 g/mol. The van der Waals surface area contributed by atoms with Gasteiger partial charge in [0, 0.05) is 26.2 Å². The Hall–Kier alpha value is -1.87.